The Kier molecular flexibility index (Phi) is 4.62. The van der Waals surface area contributed by atoms with Gasteiger partial charge in [-0.2, -0.15) is 0 Å². The molecule has 27 heavy (non-hydrogen) atoms. The van der Waals surface area contributed by atoms with Gasteiger partial charge in [-0.1, -0.05) is 56.6 Å². The fourth-order valence-electron chi connectivity index (χ4n) is 4.16. The average Bonchev–Trinajstić information content (AvgIpc) is 2.60. The van der Waals surface area contributed by atoms with Crippen LogP contribution in [0.3, 0.4) is 0 Å². The third-order valence-electron chi connectivity index (χ3n) is 5.82. The molecular weight excluding hydrogens is 338 g/mol. The first kappa shape index (κ1) is 19.2. The van der Waals surface area contributed by atoms with Gasteiger partial charge in [-0.25, -0.2) is 4.79 Å². The maximum absolute atomic E-state index is 11.1. The molecule has 0 saturated carbocycles. The Labute approximate surface area is 160 Å². The lowest BCUT2D eigenvalue weighted by Gasteiger charge is -2.43. The normalized spacial score (nSPS) is 18.0. The quantitative estimate of drug-likeness (QED) is 0.442. The van der Waals surface area contributed by atoms with Crippen molar-refractivity contribution in [2.75, 3.05) is 0 Å². The molecule has 1 aliphatic rings. The van der Waals surface area contributed by atoms with Crippen LogP contribution in [0.25, 0.3) is 0 Å². The van der Waals surface area contributed by atoms with Gasteiger partial charge in [-0.15, -0.1) is 0 Å². The molecule has 2 aromatic rings. The number of benzene rings is 2. The molecule has 0 unspecified atom stereocenters. The number of oxime groups is 1. The fraction of sp³-hybridized carbons (Fsp3) is 0.391. The highest BCUT2D eigenvalue weighted by atomic mass is 16.4. The van der Waals surface area contributed by atoms with Gasteiger partial charge in [-0.05, 0) is 59.9 Å². The highest BCUT2D eigenvalue weighted by molar-refractivity contribution is 6.14. The van der Waals surface area contributed by atoms with Crippen molar-refractivity contribution in [2.24, 2.45) is 5.16 Å². The molecular formula is C23H27NO3. The minimum absolute atomic E-state index is 0.0369. The summed E-state index contributed by atoms with van der Waals surface area (Å²) in [6.45, 7) is 11.1. The number of carboxylic acid groups (broad SMARTS) is 1. The van der Waals surface area contributed by atoms with Crippen molar-refractivity contribution in [3.63, 3.8) is 0 Å². The predicted octanol–water partition coefficient (Wildman–Crippen LogP) is 5.27. The van der Waals surface area contributed by atoms with Crippen LogP contribution in [0.15, 0.2) is 41.6 Å². The van der Waals surface area contributed by atoms with Gasteiger partial charge >= 0.3 is 5.97 Å². The van der Waals surface area contributed by atoms with Gasteiger partial charge in [-0.3, -0.25) is 0 Å². The first-order chi connectivity index (χ1) is 12.6. The molecule has 4 nitrogen and oxygen atoms in total. The summed E-state index contributed by atoms with van der Waals surface area (Å²) < 4.78 is 0. The maximum atomic E-state index is 11.1. The van der Waals surface area contributed by atoms with Crippen LogP contribution in [0.5, 0.6) is 0 Å². The highest BCUT2D eigenvalue weighted by Crippen LogP contribution is 2.47. The zero-order valence-corrected chi connectivity index (χ0v) is 16.6. The minimum atomic E-state index is -0.972. The molecule has 0 bridgehead atoms. The van der Waals surface area contributed by atoms with Gasteiger partial charge in [0.25, 0.3) is 0 Å². The topological polar surface area (TPSA) is 69.9 Å². The molecule has 3 rings (SSSR count). The average molecular weight is 365 g/mol. The highest BCUT2D eigenvalue weighted by Gasteiger charge is 2.39. The van der Waals surface area contributed by atoms with Gasteiger partial charge < -0.3 is 10.3 Å². The Bertz CT molecular complexity index is 921. The van der Waals surface area contributed by atoms with E-state index in [-0.39, 0.29) is 16.4 Å². The standard InChI is InChI=1S/C23H27NO3/c1-14-12-17(19-18(13-14)22(2,3)10-11-23(19,4)5)20(24-27)15-6-8-16(9-7-15)21(25)26/h6-9,12-13,27H,10-11H2,1-5H3,(H,25,26)/b24-20+. The molecule has 0 aliphatic heterocycles. The number of carboxylic acids is 1. The van der Waals surface area contributed by atoms with Crippen LogP contribution in [0.1, 0.15) is 78.7 Å². The molecule has 0 heterocycles. The van der Waals surface area contributed by atoms with Crippen molar-refractivity contribution in [2.45, 2.75) is 58.3 Å². The number of rotatable bonds is 3. The molecule has 1 aliphatic carbocycles. The van der Waals surface area contributed by atoms with Crippen molar-refractivity contribution in [3.05, 3.63) is 69.8 Å². The third kappa shape index (κ3) is 3.36. The van der Waals surface area contributed by atoms with E-state index >= 15 is 0 Å². The van der Waals surface area contributed by atoms with E-state index in [2.05, 4.69) is 51.9 Å². The summed E-state index contributed by atoms with van der Waals surface area (Å²) in [5.41, 5.74) is 5.99. The Morgan fingerprint density at radius 3 is 2.07 bits per heavy atom. The van der Waals surface area contributed by atoms with Crippen LogP contribution in [-0.2, 0) is 10.8 Å². The molecule has 0 atom stereocenters. The molecule has 0 spiro atoms. The third-order valence-corrected chi connectivity index (χ3v) is 5.82. The van der Waals surface area contributed by atoms with Gasteiger partial charge in [0, 0.05) is 11.1 Å². The SMILES string of the molecule is Cc1cc(/C(=N/O)c2ccc(C(=O)O)cc2)c2c(c1)C(C)(C)CCC2(C)C. The maximum Gasteiger partial charge on any atom is 0.335 e. The van der Waals surface area contributed by atoms with Gasteiger partial charge in [0.2, 0.25) is 0 Å². The molecule has 2 N–H and O–H groups in total. The number of hydrogen-bond donors (Lipinski definition) is 2. The molecule has 0 aromatic heterocycles. The van der Waals surface area contributed by atoms with Crippen molar-refractivity contribution >= 4 is 11.7 Å². The zero-order valence-electron chi connectivity index (χ0n) is 16.6. The van der Waals surface area contributed by atoms with Crippen LogP contribution >= 0.6 is 0 Å². The van der Waals surface area contributed by atoms with Crippen molar-refractivity contribution in [3.8, 4) is 0 Å². The Balaban J connectivity index is 2.24. The first-order valence-corrected chi connectivity index (χ1v) is 9.28. The Morgan fingerprint density at radius 1 is 0.963 bits per heavy atom. The lowest BCUT2D eigenvalue weighted by Crippen LogP contribution is -2.36. The van der Waals surface area contributed by atoms with Crippen LogP contribution in [-0.4, -0.2) is 22.0 Å². The van der Waals surface area contributed by atoms with Crippen molar-refractivity contribution in [1.82, 2.24) is 0 Å². The molecule has 4 heteroatoms. The summed E-state index contributed by atoms with van der Waals surface area (Å²) in [5, 5.41) is 22.6. The number of hydrogen-bond acceptors (Lipinski definition) is 3. The second-order valence-electron chi connectivity index (χ2n) is 8.83. The lowest BCUT2D eigenvalue weighted by molar-refractivity contribution is 0.0697. The molecule has 142 valence electrons. The number of carbonyl (C=O) groups is 1. The minimum Gasteiger partial charge on any atom is -0.478 e. The summed E-state index contributed by atoms with van der Waals surface area (Å²) in [5.74, 6) is -0.972. The monoisotopic (exact) mass is 365 g/mol. The Morgan fingerprint density at radius 2 is 1.52 bits per heavy atom. The van der Waals surface area contributed by atoms with E-state index in [4.69, 9.17) is 5.11 Å². The lowest BCUT2D eigenvalue weighted by atomic mass is 9.61. The fourth-order valence-corrected chi connectivity index (χ4v) is 4.16. The number of fused-ring (bicyclic) bond motifs is 1. The van der Waals surface area contributed by atoms with Crippen molar-refractivity contribution < 1.29 is 15.1 Å². The summed E-state index contributed by atoms with van der Waals surface area (Å²) in [6, 6.07) is 10.8. The molecule has 0 amide bonds. The summed E-state index contributed by atoms with van der Waals surface area (Å²) in [4.78, 5) is 11.1. The van der Waals surface area contributed by atoms with Gasteiger partial charge in [0.1, 0.15) is 5.71 Å². The van der Waals surface area contributed by atoms with Gasteiger partial charge in [0.05, 0.1) is 5.56 Å². The molecule has 0 fully saturated rings. The van der Waals surface area contributed by atoms with E-state index in [1.807, 2.05) is 0 Å². The zero-order chi connectivity index (χ0) is 20.0. The molecule has 0 radical (unpaired) electrons. The van der Waals surface area contributed by atoms with E-state index in [1.54, 1.807) is 24.3 Å². The van der Waals surface area contributed by atoms with E-state index in [0.29, 0.717) is 11.3 Å². The van der Waals surface area contributed by atoms with Crippen LogP contribution in [0.4, 0.5) is 0 Å². The number of nitrogens with zero attached hydrogens (tertiary/aromatic N) is 1. The van der Waals surface area contributed by atoms with E-state index < -0.39 is 5.97 Å². The molecule has 2 aromatic carbocycles. The summed E-state index contributed by atoms with van der Waals surface area (Å²) in [7, 11) is 0. The Hall–Kier alpha value is -2.62. The number of aromatic carboxylic acids is 1. The van der Waals surface area contributed by atoms with E-state index in [0.717, 1.165) is 24.0 Å². The first-order valence-electron chi connectivity index (χ1n) is 9.28. The van der Waals surface area contributed by atoms with E-state index in [9.17, 15) is 10.0 Å². The second-order valence-corrected chi connectivity index (χ2v) is 8.83. The second kappa shape index (κ2) is 6.52. The number of aryl methyl sites for hydroxylation is 1. The van der Waals surface area contributed by atoms with Crippen LogP contribution in [0, 0.1) is 6.92 Å². The largest absolute Gasteiger partial charge is 0.478 e. The smallest absolute Gasteiger partial charge is 0.335 e. The summed E-state index contributed by atoms with van der Waals surface area (Å²) in [6.07, 6.45) is 2.16. The van der Waals surface area contributed by atoms with E-state index in [1.165, 1.54) is 11.1 Å². The van der Waals surface area contributed by atoms with Crippen molar-refractivity contribution in [1.29, 1.82) is 0 Å². The van der Waals surface area contributed by atoms with Gasteiger partial charge in [0.15, 0.2) is 0 Å². The summed E-state index contributed by atoms with van der Waals surface area (Å²) >= 11 is 0. The molecule has 0 saturated heterocycles. The van der Waals surface area contributed by atoms with Crippen LogP contribution in [0.2, 0.25) is 0 Å². The predicted molar refractivity (Wildman–Crippen MR) is 107 cm³/mol. The van der Waals surface area contributed by atoms with Crippen LogP contribution < -0.4 is 0 Å².